The fraction of sp³-hybridized carbons (Fsp3) is 0.118. The second-order valence-corrected chi connectivity index (χ2v) is 8.70. The maximum absolute atomic E-state index is 12.0. The molecule has 43 heavy (non-hydrogen) atoms. The monoisotopic (exact) mass is 626 g/mol. The van der Waals surface area contributed by atoms with Crippen molar-refractivity contribution in [1.29, 1.82) is 0 Å². The zero-order valence-corrected chi connectivity index (χ0v) is 25.0. The molecule has 0 aromatic heterocycles. The van der Waals surface area contributed by atoms with E-state index in [-0.39, 0.29) is 39.6 Å². The Bertz CT molecular complexity index is 1400. The number of hydrogen-bond donors (Lipinski definition) is 2. The molecule has 0 saturated carbocycles. The van der Waals surface area contributed by atoms with Crippen LogP contribution in [0.15, 0.2) is 109 Å². The quantitative estimate of drug-likeness (QED) is 0.0840. The van der Waals surface area contributed by atoms with E-state index in [0.717, 1.165) is 0 Å². The van der Waals surface area contributed by atoms with Gasteiger partial charge in [0.25, 0.3) is 0 Å². The summed E-state index contributed by atoms with van der Waals surface area (Å²) in [5, 5.41) is 20.0. The number of ether oxygens (including phenoxy) is 4. The minimum Gasteiger partial charge on any atom is -0.507 e. The number of benzene rings is 4. The van der Waals surface area contributed by atoms with Crippen LogP contribution < -0.4 is 18.9 Å². The summed E-state index contributed by atoms with van der Waals surface area (Å²) in [7, 11) is 6.26. The molecular formula is C34H32NiO8. The Morgan fingerprint density at radius 2 is 0.651 bits per heavy atom. The van der Waals surface area contributed by atoms with Crippen molar-refractivity contribution in [2.24, 2.45) is 0 Å². The standard InChI is InChI=1S/2C17H16O4.Ni/c2*1-20-14-7-3-12(4-8-14)16(18)11-17(19)13-5-9-15(21-2)10-6-13;/h2*3-11,18H,1-2H3;/b2*16-11-;. The molecule has 4 rings (SSSR count). The fourth-order valence-corrected chi connectivity index (χ4v) is 3.62. The van der Waals surface area contributed by atoms with Gasteiger partial charge < -0.3 is 29.2 Å². The molecule has 0 heterocycles. The number of allylic oxidation sites excluding steroid dienone is 2. The third-order valence-corrected chi connectivity index (χ3v) is 6.06. The van der Waals surface area contributed by atoms with Gasteiger partial charge in [-0.05, 0) is 97.1 Å². The van der Waals surface area contributed by atoms with Crippen molar-refractivity contribution < 1.29 is 55.2 Å². The third-order valence-electron chi connectivity index (χ3n) is 6.06. The fourth-order valence-electron chi connectivity index (χ4n) is 3.62. The van der Waals surface area contributed by atoms with Gasteiger partial charge in [-0.3, -0.25) is 9.59 Å². The summed E-state index contributed by atoms with van der Waals surface area (Å²) in [6.07, 6.45) is 2.40. The molecule has 4 aromatic carbocycles. The van der Waals surface area contributed by atoms with E-state index in [0.29, 0.717) is 45.3 Å². The van der Waals surface area contributed by atoms with Gasteiger partial charge in [-0.15, -0.1) is 0 Å². The van der Waals surface area contributed by atoms with Crippen LogP contribution in [-0.4, -0.2) is 50.2 Å². The number of methoxy groups -OCH3 is 4. The molecule has 0 fully saturated rings. The van der Waals surface area contributed by atoms with Crippen LogP contribution in [0.25, 0.3) is 11.5 Å². The number of carbonyl (C=O) groups is 2. The topological polar surface area (TPSA) is 112 Å². The van der Waals surface area contributed by atoms with Gasteiger partial charge in [-0.1, -0.05) is 0 Å². The van der Waals surface area contributed by atoms with Crippen molar-refractivity contribution in [2.75, 3.05) is 28.4 Å². The van der Waals surface area contributed by atoms with Gasteiger partial charge in [0.1, 0.15) is 34.5 Å². The van der Waals surface area contributed by atoms with Crippen LogP contribution in [0.3, 0.4) is 0 Å². The van der Waals surface area contributed by atoms with Gasteiger partial charge >= 0.3 is 0 Å². The number of ketones is 2. The largest absolute Gasteiger partial charge is 0.507 e. The summed E-state index contributed by atoms with van der Waals surface area (Å²) in [4.78, 5) is 24.1. The van der Waals surface area contributed by atoms with E-state index >= 15 is 0 Å². The van der Waals surface area contributed by atoms with E-state index in [1.165, 1.54) is 12.2 Å². The number of aliphatic hydroxyl groups is 2. The average molecular weight is 627 g/mol. The maximum atomic E-state index is 12.0. The van der Waals surface area contributed by atoms with Crippen LogP contribution >= 0.6 is 0 Å². The Balaban J connectivity index is 0.000000293. The second kappa shape index (κ2) is 17.1. The Morgan fingerprint density at radius 1 is 0.442 bits per heavy atom. The molecule has 0 aliphatic rings. The van der Waals surface area contributed by atoms with Crippen LogP contribution in [0, 0.1) is 0 Å². The smallest absolute Gasteiger partial charge is 0.189 e. The van der Waals surface area contributed by atoms with Crippen LogP contribution in [0.2, 0.25) is 0 Å². The SMILES string of the molecule is COc1ccc(C(=O)/C=C(\O)c2ccc(OC)cc2)cc1.COc1ccc(C(=O)/C=C(\O)c2ccc(OC)cc2)cc1.[Ni]. The summed E-state index contributed by atoms with van der Waals surface area (Å²) in [5.41, 5.74) is 2.07. The molecule has 0 atom stereocenters. The zero-order valence-electron chi connectivity index (χ0n) is 24.1. The molecule has 0 radical (unpaired) electrons. The first-order valence-electron chi connectivity index (χ1n) is 12.7. The van der Waals surface area contributed by atoms with Gasteiger partial charge in [-0.25, -0.2) is 0 Å². The van der Waals surface area contributed by atoms with E-state index in [4.69, 9.17) is 18.9 Å². The zero-order chi connectivity index (χ0) is 30.5. The van der Waals surface area contributed by atoms with Gasteiger partial charge in [0, 0.05) is 50.9 Å². The molecular weight excluding hydrogens is 595 g/mol. The summed E-state index contributed by atoms with van der Waals surface area (Å²) >= 11 is 0. The van der Waals surface area contributed by atoms with E-state index in [1.807, 2.05) is 0 Å². The van der Waals surface area contributed by atoms with E-state index in [9.17, 15) is 19.8 Å². The van der Waals surface area contributed by atoms with Crippen molar-refractivity contribution in [3.05, 3.63) is 131 Å². The predicted molar refractivity (Wildman–Crippen MR) is 162 cm³/mol. The second-order valence-electron chi connectivity index (χ2n) is 8.70. The molecule has 8 nitrogen and oxygen atoms in total. The predicted octanol–water partition coefficient (Wildman–Crippen LogP) is 6.97. The van der Waals surface area contributed by atoms with Crippen molar-refractivity contribution in [2.45, 2.75) is 0 Å². The van der Waals surface area contributed by atoms with Crippen LogP contribution in [-0.2, 0) is 16.5 Å². The van der Waals surface area contributed by atoms with Crippen LogP contribution in [0.5, 0.6) is 23.0 Å². The normalized spacial score (nSPS) is 10.8. The average Bonchev–Trinajstić information content (AvgIpc) is 3.05. The van der Waals surface area contributed by atoms with Gasteiger partial charge in [0.05, 0.1) is 28.4 Å². The molecule has 0 bridgehead atoms. The minimum absolute atomic E-state index is 0. The molecule has 9 heteroatoms. The Morgan fingerprint density at radius 3 is 0.860 bits per heavy atom. The van der Waals surface area contributed by atoms with E-state index in [2.05, 4.69) is 0 Å². The van der Waals surface area contributed by atoms with E-state index < -0.39 is 0 Å². The number of aliphatic hydroxyl groups excluding tert-OH is 2. The maximum Gasteiger partial charge on any atom is 0.189 e. The van der Waals surface area contributed by atoms with Gasteiger partial charge in [0.2, 0.25) is 0 Å². The molecule has 0 amide bonds. The summed E-state index contributed by atoms with van der Waals surface area (Å²) < 4.78 is 20.1. The molecule has 0 saturated heterocycles. The first kappa shape index (κ1) is 34.2. The van der Waals surface area contributed by atoms with E-state index in [1.54, 1.807) is 126 Å². The van der Waals surface area contributed by atoms with Crippen molar-refractivity contribution in [3.63, 3.8) is 0 Å². The first-order chi connectivity index (χ1) is 20.3. The third kappa shape index (κ3) is 10.1. The Hall–Kier alpha value is -5.01. The molecule has 0 aliphatic carbocycles. The number of hydrogen-bond acceptors (Lipinski definition) is 8. The van der Waals surface area contributed by atoms with Crippen LogP contribution in [0.1, 0.15) is 31.8 Å². The summed E-state index contributed by atoms with van der Waals surface area (Å²) in [6, 6.07) is 27.0. The van der Waals surface area contributed by atoms with Crippen LogP contribution in [0.4, 0.5) is 0 Å². The Labute approximate surface area is 260 Å². The first-order valence-corrected chi connectivity index (χ1v) is 12.7. The molecule has 2 N–H and O–H groups in total. The van der Waals surface area contributed by atoms with Gasteiger partial charge in [-0.2, -0.15) is 0 Å². The van der Waals surface area contributed by atoms with Crippen molar-refractivity contribution in [3.8, 4) is 23.0 Å². The molecule has 226 valence electrons. The van der Waals surface area contributed by atoms with Crippen molar-refractivity contribution >= 4 is 23.1 Å². The number of rotatable bonds is 10. The minimum atomic E-state index is -0.272. The summed E-state index contributed by atoms with van der Waals surface area (Å²) in [5.74, 6) is 2.01. The Kier molecular flexibility index (Phi) is 13.6. The van der Waals surface area contributed by atoms with Crippen molar-refractivity contribution in [1.82, 2.24) is 0 Å². The molecule has 0 aliphatic heterocycles. The molecule has 4 aromatic rings. The number of carbonyl (C=O) groups excluding carboxylic acids is 2. The summed E-state index contributed by atoms with van der Waals surface area (Å²) in [6.45, 7) is 0. The molecule has 0 spiro atoms. The van der Waals surface area contributed by atoms with Gasteiger partial charge in [0.15, 0.2) is 11.6 Å². The molecule has 0 unspecified atom stereocenters.